The van der Waals surface area contributed by atoms with Crippen LogP contribution in [0.5, 0.6) is 0 Å². The molecule has 1 heterocycles. The maximum Gasteiger partial charge on any atom is 0.269 e. The number of benzene rings is 2. The van der Waals surface area contributed by atoms with Crippen LogP contribution in [0.15, 0.2) is 48.5 Å². The molecule has 3 rings (SSSR count). The molecule has 0 radical (unpaired) electrons. The number of para-hydroxylation sites is 2. The Bertz CT molecular complexity index is 873. The first-order valence-corrected chi connectivity index (χ1v) is 7.65. The van der Waals surface area contributed by atoms with E-state index in [1.54, 1.807) is 19.1 Å². The van der Waals surface area contributed by atoms with Crippen molar-refractivity contribution in [2.45, 2.75) is 19.6 Å². The topological polar surface area (TPSA) is 93.2 Å². The molecule has 0 bridgehead atoms. The summed E-state index contributed by atoms with van der Waals surface area (Å²) in [7, 11) is 0. The van der Waals surface area contributed by atoms with Gasteiger partial charge in [0.15, 0.2) is 0 Å². The molecule has 0 unspecified atom stereocenters. The molecule has 0 aliphatic rings. The third-order valence-electron chi connectivity index (χ3n) is 3.67. The Hall–Kier alpha value is -2.93. The van der Waals surface area contributed by atoms with Crippen LogP contribution in [0.3, 0.4) is 0 Å². The highest BCUT2D eigenvalue weighted by atomic mass is 16.6. The van der Waals surface area contributed by atoms with Gasteiger partial charge in [0.1, 0.15) is 0 Å². The van der Waals surface area contributed by atoms with Crippen LogP contribution in [0.4, 0.5) is 11.6 Å². The van der Waals surface area contributed by atoms with Gasteiger partial charge in [0.05, 0.1) is 28.6 Å². The molecule has 0 saturated carbocycles. The van der Waals surface area contributed by atoms with Crippen molar-refractivity contribution in [1.29, 1.82) is 0 Å². The minimum absolute atomic E-state index is 0.0652. The summed E-state index contributed by atoms with van der Waals surface area (Å²) in [4.78, 5) is 15.1. The van der Waals surface area contributed by atoms with Gasteiger partial charge in [0, 0.05) is 18.7 Å². The first-order valence-electron chi connectivity index (χ1n) is 7.65. The highest BCUT2D eigenvalue weighted by Crippen LogP contribution is 2.22. The third-order valence-corrected chi connectivity index (χ3v) is 3.67. The second kappa shape index (κ2) is 6.67. The van der Waals surface area contributed by atoms with E-state index in [-0.39, 0.29) is 5.69 Å². The van der Waals surface area contributed by atoms with Crippen molar-refractivity contribution in [2.75, 3.05) is 11.9 Å². The molecule has 2 aromatic carbocycles. The average molecular weight is 326 g/mol. The summed E-state index contributed by atoms with van der Waals surface area (Å²) < 4.78 is 1.96. The molecular formula is C17H18N4O3. The lowest BCUT2D eigenvalue weighted by atomic mass is 10.2. The zero-order chi connectivity index (χ0) is 17.1. The fourth-order valence-corrected chi connectivity index (χ4v) is 2.56. The van der Waals surface area contributed by atoms with E-state index in [9.17, 15) is 15.2 Å². The van der Waals surface area contributed by atoms with Crippen LogP contribution in [0.1, 0.15) is 12.5 Å². The lowest BCUT2D eigenvalue weighted by Gasteiger charge is -2.12. The molecule has 7 nitrogen and oxygen atoms in total. The maximum atomic E-state index is 11.0. The normalized spacial score (nSPS) is 12.2. The summed E-state index contributed by atoms with van der Waals surface area (Å²) in [6.07, 6.45) is -0.504. The van der Waals surface area contributed by atoms with Crippen molar-refractivity contribution in [2.24, 2.45) is 0 Å². The Labute approximate surface area is 138 Å². The minimum atomic E-state index is -0.504. The van der Waals surface area contributed by atoms with Crippen molar-refractivity contribution in [1.82, 2.24) is 9.55 Å². The summed E-state index contributed by atoms with van der Waals surface area (Å²) in [5.41, 5.74) is 2.64. The van der Waals surface area contributed by atoms with Crippen molar-refractivity contribution < 1.29 is 10.0 Å². The number of aliphatic hydroxyl groups is 1. The molecule has 24 heavy (non-hydrogen) atoms. The number of rotatable bonds is 6. The number of hydrogen-bond donors (Lipinski definition) is 2. The zero-order valence-electron chi connectivity index (χ0n) is 13.2. The molecule has 1 aromatic heterocycles. The van der Waals surface area contributed by atoms with Gasteiger partial charge in [-0.15, -0.1) is 0 Å². The number of hydrogen-bond acceptors (Lipinski definition) is 5. The van der Waals surface area contributed by atoms with Gasteiger partial charge in [-0.1, -0.05) is 24.3 Å². The van der Waals surface area contributed by atoms with Gasteiger partial charge in [0.2, 0.25) is 5.95 Å². The second-order valence-corrected chi connectivity index (χ2v) is 5.67. The predicted molar refractivity (Wildman–Crippen MR) is 92.1 cm³/mol. The van der Waals surface area contributed by atoms with Crippen LogP contribution < -0.4 is 5.32 Å². The first kappa shape index (κ1) is 15.9. The van der Waals surface area contributed by atoms with E-state index in [0.717, 1.165) is 16.6 Å². The highest BCUT2D eigenvalue weighted by Gasteiger charge is 2.13. The number of imidazole rings is 1. The second-order valence-electron chi connectivity index (χ2n) is 5.67. The van der Waals surface area contributed by atoms with Gasteiger partial charge in [-0.05, 0) is 24.6 Å². The molecule has 0 aliphatic carbocycles. The van der Waals surface area contributed by atoms with Crippen LogP contribution in [-0.4, -0.2) is 32.2 Å². The molecule has 0 aliphatic heterocycles. The Morgan fingerprint density at radius 2 is 2.08 bits per heavy atom. The predicted octanol–water partition coefficient (Wildman–Crippen LogP) is 2.79. The van der Waals surface area contributed by atoms with Gasteiger partial charge >= 0.3 is 0 Å². The van der Waals surface area contributed by atoms with Crippen molar-refractivity contribution in [3.05, 3.63) is 64.2 Å². The van der Waals surface area contributed by atoms with E-state index in [4.69, 9.17) is 0 Å². The summed E-state index contributed by atoms with van der Waals surface area (Å²) in [5, 5.41) is 23.6. The maximum absolute atomic E-state index is 11.0. The molecule has 0 spiro atoms. The van der Waals surface area contributed by atoms with E-state index >= 15 is 0 Å². The molecule has 124 valence electrons. The van der Waals surface area contributed by atoms with Gasteiger partial charge < -0.3 is 15.0 Å². The smallest absolute Gasteiger partial charge is 0.269 e. The number of nitro benzene ring substituents is 1. The number of non-ortho nitro benzene ring substituents is 1. The molecule has 0 amide bonds. The summed E-state index contributed by atoms with van der Waals surface area (Å²) in [6, 6.07) is 14.3. The lowest BCUT2D eigenvalue weighted by Crippen LogP contribution is -2.18. The van der Waals surface area contributed by atoms with Crippen molar-refractivity contribution in [3.8, 4) is 0 Å². The molecule has 1 atom stereocenters. The summed E-state index contributed by atoms with van der Waals surface area (Å²) in [5.74, 6) is 0.628. The molecule has 0 fully saturated rings. The number of aliphatic hydroxyl groups excluding tert-OH is 1. The van der Waals surface area contributed by atoms with E-state index in [2.05, 4.69) is 10.3 Å². The van der Waals surface area contributed by atoms with Crippen LogP contribution in [-0.2, 0) is 6.54 Å². The molecule has 2 N–H and O–H groups in total. The van der Waals surface area contributed by atoms with Gasteiger partial charge in [0.25, 0.3) is 5.69 Å². The number of anilines is 1. The van der Waals surface area contributed by atoms with Gasteiger partial charge in [-0.25, -0.2) is 4.98 Å². The summed E-state index contributed by atoms with van der Waals surface area (Å²) >= 11 is 0. The number of fused-ring (bicyclic) bond motifs is 1. The minimum Gasteiger partial charge on any atom is -0.392 e. The van der Waals surface area contributed by atoms with E-state index in [0.29, 0.717) is 19.0 Å². The Kier molecular flexibility index (Phi) is 4.43. The van der Waals surface area contributed by atoms with Gasteiger partial charge in [-0.3, -0.25) is 10.1 Å². The van der Waals surface area contributed by atoms with Crippen LogP contribution in [0.2, 0.25) is 0 Å². The van der Waals surface area contributed by atoms with Crippen LogP contribution in [0, 0.1) is 10.1 Å². The van der Waals surface area contributed by atoms with Crippen molar-refractivity contribution in [3.63, 3.8) is 0 Å². The monoisotopic (exact) mass is 326 g/mol. The van der Waals surface area contributed by atoms with Crippen LogP contribution >= 0.6 is 0 Å². The lowest BCUT2D eigenvalue weighted by molar-refractivity contribution is -0.384. The van der Waals surface area contributed by atoms with E-state index < -0.39 is 11.0 Å². The third kappa shape index (κ3) is 3.36. The molecule has 0 saturated heterocycles. The Morgan fingerprint density at radius 1 is 1.29 bits per heavy atom. The molecular weight excluding hydrogens is 308 g/mol. The fraction of sp³-hybridized carbons (Fsp3) is 0.235. The molecule has 3 aromatic rings. The Balaban J connectivity index is 1.99. The molecule has 7 heteroatoms. The average Bonchev–Trinajstić information content (AvgIpc) is 2.91. The fourth-order valence-electron chi connectivity index (χ4n) is 2.56. The quantitative estimate of drug-likeness (QED) is 0.537. The Morgan fingerprint density at radius 3 is 2.83 bits per heavy atom. The van der Waals surface area contributed by atoms with E-state index in [1.807, 2.05) is 34.9 Å². The highest BCUT2D eigenvalue weighted by molar-refractivity contribution is 5.78. The van der Waals surface area contributed by atoms with Crippen molar-refractivity contribution >= 4 is 22.7 Å². The number of aromatic nitrogens is 2. The number of nitrogens with one attached hydrogen (secondary N) is 1. The number of nitro groups is 1. The standard InChI is InChI=1S/C17H18N4O3/c1-12(22)10-18-17-19-15-7-2-3-8-16(15)20(17)11-13-5-4-6-14(9-13)21(23)24/h2-9,12,22H,10-11H2,1H3,(H,18,19)/t12-/m1/s1. The first-order chi connectivity index (χ1) is 11.5. The van der Waals surface area contributed by atoms with Gasteiger partial charge in [-0.2, -0.15) is 0 Å². The largest absolute Gasteiger partial charge is 0.392 e. The van der Waals surface area contributed by atoms with Crippen LogP contribution in [0.25, 0.3) is 11.0 Å². The SMILES string of the molecule is C[C@@H](O)CNc1nc2ccccc2n1Cc1cccc([N+](=O)[O-])c1. The summed E-state index contributed by atoms with van der Waals surface area (Å²) in [6.45, 7) is 2.52. The zero-order valence-corrected chi connectivity index (χ0v) is 13.2. The van der Waals surface area contributed by atoms with E-state index in [1.165, 1.54) is 6.07 Å². The number of nitrogens with zero attached hydrogens (tertiary/aromatic N) is 3.